The van der Waals surface area contributed by atoms with E-state index in [1.54, 1.807) is 21.3 Å². The van der Waals surface area contributed by atoms with Crippen molar-refractivity contribution in [3.05, 3.63) is 64.3 Å². The van der Waals surface area contributed by atoms with E-state index in [0.717, 1.165) is 28.1 Å². The highest BCUT2D eigenvalue weighted by Crippen LogP contribution is 2.45. The molecule has 0 fully saturated rings. The zero-order chi connectivity index (χ0) is 27.9. The van der Waals surface area contributed by atoms with Gasteiger partial charge in [-0.3, -0.25) is 0 Å². The van der Waals surface area contributed by atoms with E-state index in [9.17, 15) is 9.59 Å². The number of fused-ring (bicyclic) bond motifs is 2. The number of carbonyl (C=O) groups excluding carboxylic acids is 2. The van der Waals surface area contributed by atoms with E-state index in [0.29, 0.717) is 43.3 Å². The Bertz CT molecular complexity index is 1320. The van der Waals surface area contributed by atoms with Gasteiger partial charge in [-0.05, 0) is 37.1 Å². The second-order valence-electron chi connectivity index (χ2n) is 8.91. The van der Waals surface area contributed by atoms with E-state index in [4.69, 9.17) is 23.7 Å². The molecule has 0 atom stereocenters. The van der Waals surface area contributed by atoms with E-state index in [-0.39, 0.29) is 13.2 Å². The third-order valence-electron chi connectivity index (χ3n) is 6.67. The van der Waals surface area contributed by atoms with Gasteiger partial charge in [0.05, 0.1) is 27.0 Å². The maximum atomic E-state index is 12.3. The molecule has 3 aromatic rings. The number of nitrogens with zero attached hydrogens (tertiary/aromatic N) is 1. The molecule has 2 aromatic carbocycles. The lowest BCUT2D eigenvalue weighted by molar-refractivity contribution is 0.132. The highest BCUT2D eigenvalue weighted by molar-refractivity contribution is 5.75. The number of benzene rings is 2. The molecule has 1 aliphatic heterocycles. The molecule has 0 unspecified atom stereocenters. The molecule has 10 heteroatoms. The molecule has 2 amide bonds. The van der Waals surface area contributed by atoms with Gasteiger partial charge in [0.2, 0.25) is 5.75 Å². The molecule has 4 rings (SSSR count). The summed E-state index contributed by atoms with van der Waals surface area (Å²) in [6.07, 6.45) is -0.418. The Morgan fingerprint density at radius 1 is 0.821 bits per heavy atom. The minimum Gasteiger partial charge on any atom is -0.493 e. The average molecular weight is 538 g/mol. The number of hydrogen-bond donors (Lipinski definition) is 2. The number of hydrogen-bond acceptors (Lipinski definition) is 7. The predicted octanol–water partition coefficient (Wildman–Crippen LogP) is 4.63. The Morgan fingerprint density at radius 2 is 1.38 bits per heavy atom. The van der Waals surface area contributed by atoms with Crippen molar-refractivity contribution in [1.82, 2.24) is 15.2 Å². The Hall–Kier alpha value is -4.34. The first kappa shape index (κ1) is 27.7. The smallest absolute Gasteiger partial charge is 0.407 e. The Kier molecular flexibility index (Phi) is 8.85. The Morgan fingerprint density at radius 3 is 1.92 bits per heavy atom. The van der Waals surface area contributed by atoms with Crippen molar-refractivity contribution in [3.63, 3.8) is 0 Å². The van der Waals surface area contributed by atoms with Gasteiger partial charge in [0.25, 0.3) is 0 Å². The molecule has 0 bridgehead atoms. The predicted molar refractivity (Wildman–Crippen MR) is 146 cm³/mol. The SMILES string of the molecule is CCNC(=O)OCc1c(COC(=O)NCC)c(-c2cc(OC)c(OC)c(OC)c2)n2c1Cc1ccccc1C2. The van der Waals surface area contributed by atoms with Gasteiger partial charge in [-0.1, -0.05) is 24.3 Å². The molecule has 2 N–H and O–H groups in total. The van der Waals surface area contributed by atoms with Gasteiger partial charge < -0.3 is 38.9 Å². The van der Waals surface area contributed by atoms with Crippen LogP contribution in [0.3, 0.4) is 0 Å². The van der Waals surface area contributed by atoms with Crippen LogP contribution in [0.25, 0.3) is 11.3 Å². The molecule has 208 valence electrons. The van der Waals surface area contributed by atoms with Crippen molar-refractivity contribution < 1.29 is 33.3 Å². The van der Waals surface area contributed by atoms with Crippen LogP contribution in [-0.2, 0) is 35.7 Å². The second kappa shape index (κ2) is 12.5. The van der Waals surface area contributed by atoms with Gasteiger partial charge >= 0.3 is 12.2 Å². The molecule has 1 aliphatic rings. The van der Waals surface area contributed by atoms with Crippen molar-refractivity contribution in [3.8, 4) is 28.5 Å². The first-order valence-electron chi connectivity index (χ1n) is 12.9. The zero-order valence-electron chi connectivity index (χ0n) is 23.0. The number of amides is 2. The van der Waals surface area contributed by atoms with Crippen molar-refractivity contribution >= 4 is 12.2 Å². The molecule has 0 saturated carbocycles. The topological polar surface area (TPSA) is 109 Å². The lowest BCUT2D eigenvalue weighted by atomic mass is 9.97. The molecule has 0 saturated heterocycles. The third kappa shape index (κ3) is 5.74. The number of nitrogens with one attached hydrogen (secondary N) is 2. The summed E-state index contributed by atoms with van der Waals surface area (Å²) in [5.74, 6) is 1.46. The largest absolute Gasteiger partial charge is 0.493 e. The normalized spacial score (nSPS) is 11.6. The summed E-state index contributed by atoms with van der Waals surface area (Å²) in [6, 6.07) is 12.0. The molecule has 10 nitrogen and oxygen atoms in total. The van der Waals surface area contributed by atoms with Gasteiger partial charge in [-0.25, -0.2) is 9.59 Å². The summed E-state index contributed by atoms with van der Waals surface area (Å²) in [7, 11) is 4.68. The third-order valence-corrected chi connectivity index (χ3v) is 6.67. The van der Waals surface area contributed by atoms with Crippen LogP contribution < -0.4 is 24.8 Å². The van der Waals surface area contributed by atoms with E-state index >= 15 is 0 Å². The summed E-state index contributed by atoms with van der Waals surface area (Å²) in [4.78, 5) is 24.6. The summed E-state index contributed by atoms with van der Waals surface area (Å²) in [5.41, 5.74) is 6.49. The number of rotatable bonds is 10. The van der Waals surface area contributed by atoms with E-state index < -0.39 is 12.2 Å². The fourth-order valence-electron chi connectivity index (χ4n) is 4.93. The maximum Gasteiger partial charge on any atom is 0.407 e. The molecule has 2 heterocycles. The van der Waals surface area contributed by atoms with E-state index in [1.165, 1.54) is 11.1 Å². The molecule has 39 heavy (non-hydrogen) atoms. The molecule has 0 spiro atoms. The zero-order valence-corrected chi connectivity index (χ0v) is 23.0. The van der Waals surface area contributed by atoms with Crippen molar-refractivity contribution in [2.24, 2.45) is 0 Å². The average Bonchev–Trinajstić information content (AvgIpc) is 3.24. The van der Waals surface area contributed by atoms with Gasteiger partial charge in [-0.15, -0.1) is 0 Å². The highest BCUT2D eigenvalue weighted by Gasteiger charge is 2.30. The standard InChI is InChI=1S/C29H35N3O7/c1-6-30-28(33)38-16-21-22(17-39-29(34)31-7-2)26(20-13-24(35-3)27(37-5)25(14-20)36-4)32-15-19-11-9-8-10-18(19)12-23(21)32/h8-11,13-14H,6-7,12,15-17H2,1-5H3,(H,30,33)(H,31,34). The van der Waals surface area contributed by atoms with Crippen molar-refractivity contribution in [2.75, 3.05) is 34.4 Å². The summed E-state index contributed by atoms with van der Waals surface area (Å²) >= 11 is 0. The van der Waals surface area contributed by atoms with E-state index in [2.05, 4.69) is 27.3 Å². The van der Waals surface area contributed by atoms with Crippen LogP contribution in [0.15, 0.2) is 36.4 Å². The lowest BCUT2D eigenvalue weighted by Gasteiger charge is -2.23. The molecule has 1 aromatic heterocycles. The number of aromatic nitrogens is 1. The fraction of sp³-hybridized carbons (Fsp3) is 0.379. The molecule has 0 aliphatic carbocycles. The first-order chi connectivity index (χ1) is 18.9. The van der Waals surface area contributed by atoms with Crippen LogP contribution >= 0.6 is 0 Å². The number of ether oxygens (including phenoxy) is 5. The molecular weight excluding hydrogens is 502 g/mol. The quantitative estimate of drug-likeness (QED) is 0.304. The Labute approximate surface area is 228 Å². The minimum absolute atomic E-state index is 0.0157. The van der Waals surface area contributed by atoms with Crippen molar-refractivity contribution in [2.45, 2.75) is 40.0 Å². The van der Waals surface area contributed by atoms with Crippen LogP contribution in [-0.4, -0.2) is 51.2 Å². The van der Waals surface area contributed by atoms with Gasteiger partial charge in [-0.2, -0.15) is 0 Å². The summed E-state index contributed by atoms with van der Waals surface area (Å²) in [6.45, 7) is 5.11. The van der Waals surface area contributed by atoms with Crippen LogP contribution in [0.2, 0.25) is 0 Å². The number of methoxy groups -OCH3 is 3. The maximum absolute atomic E-state index is 12.3. The van der Waals surface area contributed by atoms with Gasteiger partial charge in [0.15, 0.2) is 11.5 Å². The number of alkyl carbamates (subject to hydrolysis) is 2. The lowest BCUT2D eigenvalue weighted by Crippen LogP contribution is -2.24. The van der Waals surface area contributed by atoms with Crippen LogP contribution in [0.4, 0.5) is 9.59 Å². The first-order valence-corrected chi connectivity index (χ1v) is 12.9. The highest BCUT2D eigenvalue weighted by atomic mass is 16.6. The van der Waals surface area contributed by atoms with Crippen LogP contribution in [0.5, 0.6) is 17.2 Å². The van der Waals surface area contributed by atoms with Gasteiger partial charge in [0, 0.05) is 48.4 Å². The van der Waals surface area contributed by atoms with E-state index in [1.807, 2.05) is 38.1 Å². The second-order valence-corrected chi connectivity index (χ2v) is 8.91. The summed E-state index contributed by atoms with van der Waals surface area (Å²) < 4.78 is 30.2. The summed E-state index contributed by atoms with van der Waals surface area (Å²) in [5, 5.41) is 5.34. The fourth-order valence-corrected chi connectivity index (χ4v) is 4.93. The van der Waals surface area contributed by atoms with Crippen molar-refractivity contribution in [1.29, 1.82) is 0 Å². The molecule has 0 radical (unpaired) electrons. The molecular formula is C29H35N3O7. The number of carbonyl (C=O) groups is 2. The van der Waals surface area contributed by atoms with Gasteiger partial charge in [0.1, 0.15) is 13.2 Å². The minimum atomic E-state index is -0.531. The van der Waals surface area contributed by atoms with Crippen LogP contribution in [0.1, 0.15) is 41.8 Å². The van der Waals surface area contributed by atoms with Crippen LogP contribution in [0, 0.1) is 0 Å². The Balaban J connectivity index is 1.93. The monoisotopic (exact) mass is 537 g/mol.